The van der Waals surface area contributed by atoms with E-state index in [1.807, 2.05) is 0 Å². The number of hydrogen-bond acceptors (Lipinski definition) is 5. The van der Waals surface area contributed by atoms with Gasteiger partial charge in [-0.15, -0.1) is 5.10 Å². The molecule has 1 aliphatic rings. The van der Waals surface area contributed by atoms with Crippen LogP contribution in [-0.2, 0) is 0 Å². The Labute approximate surface area is 135 Å². The van der Waals surface area contributed by atoms with E-state index in [0.717, 1.165) is 0 Å². The van der Waals surface area contributed by atoms with E-state index >= 15 is 0 Å². The van der Waals surface area contributed by atoms with Crippen LogP contribution >= 0.6 is 0 Å². The molecular weight excluding hydrogens is 315 g/mol. The molecule has 0 saturated carbocycles. The molecule has 3 aromatic rings. The molecule has 0 radical (unpaired) electrons. The van der Waals surface area contributed by atoms with E-state index in [0.29, 0.717) is 28.4 Å². The SMILES string of the molecule is NC(=O)c1nnn(-c2ccc(F)cc2)c1-c1ccc2c(c1)OCO2. The van der Waals surface area contributed by atoms with Crippen molar-refractivity contribution < 1.29 is 18.7 Å². The Morgan fingerprint density at radius 1 is 1.12 bits per heavy atom. The lowest BCUT2D eigenvalue weighted by Crippen LogP contribution is -2.13. The largest absolute Gasteiger partial charge is 0.454 e. The summed E-state index contributed by atoms with van der Waals surface area (Å²) in [5.41, 5.74) is 6.99. The molecule has 8 heteroatoms. The first-order chi connectivity index (χ1) is 11.6. The minimum absolute atomic E-state index is 0.0122. The topological polar surface area (TPSA) is 92.3 Å². The Kier molecular flexibility index (Phi) is 3.16. The maximum Gasteiger partial charge on any atom is 0.271 e. The number of rotatable bonds is 3. The summed E-state index contributed by atoms with van der Waals surface area (Å²) in [6, 6.07) is 10.8. The lowest BCUT2D eigenvalue weighted by atomic mass is 10.1. The van der Waals surface area contributed by atoms with Gasteiger partial charge in [-0.05, 0) is 42.5 Å². The van der Waals surface area contributed by atoms with E-state index in [1.165, 1.54) is 28.9 Å². The molecule has 0 saturated heterocycles. The van der Waals surface area contributed by atoms with Crippen LogP contribution in [0, 0.1) is 5.82 Å². The van der Waals surface area contributed by atoms with Crippen LogP contribution in [0.5, 0.6) is 11.5 Å². The number of carbonyl (C=O) groups excluding carboxylic acids is 1. The van der Waals surface area contributed by atoms with Gasteiger partial charge in [-0.25, -0.2) is 9.07 Å². The van der Waals surface area contributed by atoms with Crippen molar-refractivity contribution >= 4 is 5.91 Å². The zero-order chi connectivity index (χ0) is 16.7. The third kappa shape index (κ3) is 2.24. The van der Waals surface area contributed by atoms with Crippen LogP contribution in [0.1, 0.15) is 10.5 Å². The number of aromatic nitrogens is 3. The van der Waals surface area contributed by atoms with E-state index in [1.54, 1.807) is 18.2 Å². The summed E-state index contributed by atoms with van der Waals surface area (Å²) in [7, 11) is 0. The molecule has 7 nitrogen and oxygen atoms in total. The van der Waals surface area contributed by atoms with Crippen LogP contribution in [0.15, 0.2) is 42.5 Å². The predicted molar refractivity (Wildman–Crippen MR) is 81.4 cm³/mol. The molecule has 0 spiro atoms. The second-order valence-corrected chi connectivity index (χ2v) is 5.11. The Morgan fingerprint density at radius 2 is 1.88 bits per heavy atom. The van der Waals surface area contributed by atoms with Crippen molar-refractivity contribution in [1.29, 1.82) is 0 Å². The average molecular weight is 326 g/mol. The fraction of sp³-hybridized carbons (Fsp3) is 0.0625. The minimum Gasteiger partial charge on any atom is -0.454 e. The van der Waals surface area contributed by atoms with Crippen molar-refractivity contribution in [3.05, 3.63) is 54.0 Å². The summed E-state index contributed by atoms with van der Waals surface area (Å²) in [5.74, 6) is 0.0737. The predicted octanol–water partition coefficient (Wildman–Crippen LogP) is 1.90. The fourth-order valence-corrected chi connectivity index (χ4v) is 2.51. The van der Waals surface area contributed by atoms with E-state index in [9.17, 15) is 9.18 Å². The molecule has 0 fully saturated rings. The van der Waals surface area contributed by atoms with Crippen LogP contribution < -0.4 is 15.2 Å². The number of nitrogens with zero attached hydrogens (tertiary/aromatic N) is 3. The van der Waals surface area contributed by atoms with Crippen LogP contribution in [0.2, 0.25) is 0 Å². The maximum atomic E-state index is 13.2. The van der Waals surface area contributed by atoms with Gasteiger partial charge in [-0.1, -0.05) is 5.21 Å². The summed E-state index contributed by atoms with van der Waals surface area (Å²) in [6.45, 7) is 0.136. The number of ether oxygens (including phenoxy) is 2. The minimum atomic E-state index is -0.712. The number of primary amides is 1. The van der Waals surface area contributed by atoms with Crippen LogP contribution in [0.25, 0.3) is 16.9 Å². The van der Waals surface area contributed by atoms with E-state index < -0.39 is 5.91 Å². The van der Waals surface area contributed by atoms with Crippen molar-refractivity contribution in [3.8, 4) is 28.4 Å². The number of amides is 1. The first-order valence-electron chi connectivity index (χ1n) is 7.05. The number of benzene rings is 2. The van der Waals surface area contributed by atoms with Gasteiger partial charge in [-0.3, -0.25) is 4.79 Å². The summed E-state index contributed by atoms with van der Waals surface area (Å²) < 4.78 is 25.2. The molecule has 1 aromatic heterocycles. The van der Waals surface area contributed by atoms with Crippen LogP contribution in [0.4, 0.5) is 4.39 Å². The van der Waals surface area contributed by atoms with Gasteiger partial charge in [0.05, 0.1) is 5.69 Å². The van der Waals surface area contributed by atoms with E-state index in [2.05, 4.69) is 10.3 Å². The van der Waals surface area contributed by atoms with Crippen molar-refractivity contribution in [3.63, 3.8) is 0 Å². The van der Waals surface area contributed by atoms with Crippen molar-refractivity contribution in [2.45, 2.75) is 0 Å². The molecule has 0 bridgehead atoms. The van der Waals surface area contributed by atoms with Crippen LogP contribution in [-0.4, -0.2) is 27.7 Å². The van der Waals surface area contributed by atoms with E-state index in [-0.39, 0.29) is 18.3 Å². The lowest BCUT2D eigenvalue weighted by Gasteiger charge is -2.08. The second-order valence-electron chi connectivity index (χ2n) is 5.11. The normalized spacial score (nSPS) is 12.4. The average Bonchev–Trinajstić information content (AvgIpc) is 3.21. The van der Waals surface area contributed by atoms with Gasteiger partial charge in [-0.2, -0.15) is 0 Å². The molecule has 2 N–H and O–H groups in total. The molecule has 1 aliphatic heterocycles. The molecule has 120 valence electrons. The molecule has 0 aliphatic carbocycles. The van der Waals surface area contributed by atoms with Crippen molar-refractivity contribution in [1.82, 2.24) is 15.0 Å². The van der Waals surface area contributed by atoms with Gasteiger partial charge >= 0.3 is 0 Å². The molecule has 1 amide bonds. The quantitative estimate of drug-likeness (QED) is 0.793. The molecule has 0 atom stereocenters. The Bertz CT molecular complexity index is 937. The molecule has 0 unspecified atom stereocenters. The number of hydrogen-bond donors (Lipinski definition) is 1. The number of fused-ring (bicyclic) bond motifs is 1. The zero-order valence-corrected chi connectivity index (χ0v) is 12.3. The van der Waals surface area contributed by atoms with Gasteiger partial charge in [0.15, 0.2) is 17.2 Å². The number of nitrogens with two attached hydrogens (primary N) is 1. The van der Waals surface area contributed by atoms with Crippen molar-refractivity contribution in [2.75, 3.05) is 6.79 Å². The molecule has 24 heavy (non-hydrogen) atoms. The monoisotopic (exact) mass is 326 g/mol. The third-order valence-corrected chi connectivity index (χ3v) is 3.62. The lowest BCUT2D eigenvalue weighted by molar-refractivity contribution is 0.0996. The fourth-order valence-electron chi connectivity index (χ4n) is 2.51. The standard InChI is InChI=1S/C16H11FN4O3/c17-10-2-4-11(5-3-10)21-15(14(16(18)22)19-20-21)9-1-6-12-13(7-9)24-8-23-12/h1-7H,8H2,(H2,18,22). The highest BCUT2D eigenvalue weighted by Gasteiger charge is 2.23. The summed E-state index contributed by atoms with van der Waals surface area (Å²) in [5, 5.41) is 7.84. The number of halogens is 1. The van der Waals surface area contributed by atoms with Crippen molar-refractivity contribution in [2.24, 2.45) is 5.73 Å². The Morgan fingerprint density at radius 3 is 2.62 bits per heavy atom. The van der Waals surface area contributed by atoms with Gasteiger partial charge in [0.25, 0.3) is 5.91 Å². The Hall–Kier alpha value is -3.42. The second kappa shape index (κ2) is 5.34. The Balaban J connectivity index is 1.91. The van der Waals surface area contributed by atoms with Gasteiger partial charge < -0.3 is 15.2 Å². The van der Waals surface area contributed by atoms with Gasteiger partial charge in [0, 0.05) is 5.56 Å². The molecular formula is C16H11FN4O3. The number of carbonyl (C=O) groups is 1. The molecule has 4 rings (SSSR count). The highest BCUT2D eigenvalue weighted by atomic mass is 19.1. The maximum absolute atomic E-state index is 13.2. The summed E-state index contributed by atoms with van der Waals surface area (Å²) >= 11 is 0. The van der Waals surface area contributed by atoms with Crippen LogP contribution in [0.3, 0.4) is 0 Å². The molecule has 2 aromatic carbocycles. The smallest absolute Gasteiger partial charge is 0.271 e. The summed E-state index contributed by atoms with van der Waals surface area (Å²) in [4.78, 5) is 11.7. The summed E-state index contributed by atoms with van der Waals surface area (Å²) in [6.07, 6.45) is 0. The highest BCUT2D eigenvalue weighted by Crippen LogP contribution is 2.37. The van der Waals surface area contributed by atoms with Gasteiger partial charge in [0.2, 0.25) is 6.79 Å². The highest BCUT2D eigenvalue weighted by molar-refractivity contribution is 5.97. The zero-order valence-electron chi connectivity index (χ0n) is 12.3. The third-order valence-electron chi connectivity index (χ3n) is 3.62. The van der Waals surface area contributed by atoms with Gasteiger partial charge in [0.1, 0.15) is 11.5 Å². The molecule has 2 heterocycles. The first kappa shape index (κ1) is 14.2. The van der Waals surface area contributed by atoms with E-state index in [4.69, 9.17) is 15.2 Å². The first-order valence-corrected chi connectivity index (χ1v) is 7.05.